The first-order valence-electron chi connectivity index (χ1n) is 8.18. The van der Waals surface area contributed by atoms with Gasteiger partial charge in [-0.2, -0.15) is 13.2 Å². The highest BCUT2D eigenvalue weighted by molar-refractivity contribution is 6.34. The second-order valence-corrected chi connectivity index (χ2v) is 6.96. The predicted octanol–water partition coefficient (Wildman–Crippen LogP) is 5.02. The molecule has 142 valence electrons. The van der Waals surface area contributed by atoms with Crippen molar-refractivity contribution < 1.29 is 22.8 Å². The molecule has 1 aliphatic carbocycles. The zero-order valence-corrected chi connectivity index (χ0v) is 15.0. The quantitative estimate of drug-likeness (QED) is 0.712. The zero-order chi connectivity index (χ0) is 19.8. The number of hydrogen-bond acceptors (Lipinski definition) is 2. The third kappa shape index (κ3) is 4.08. The summed E-state index contributed by atoms with van der Waals surface area (Å²) in [6.07, 6.45) is -3.94. The lowest BCUT2D eigenvalue weighted by Crippen LogP contribution is -2.35. The van der Waals surface area contributed by atoms with Crippen LogP contribution in [0.25, 0.3) is 0 Å². The number of carbonyl (C=O) groups is 2. The highest BCUT2D eigenvalue weighted by Gasteiger charge is 2.56. The van der Waals surface area contributed by atoms with Crippen molar-refractivity contribution in [2.24, 2.45) is 5.41 Å². The first-order chi connectivity index (χ1) is 12.6. The number of carbonyl (C=O) groups excluding carboxylic acids is 2. The Bertz CT molecular complexity index is 908. The van der Waals surface area contributed by atoms with Gasteiger partial charge in [-0.3, -0.25) is 9.59 Å². The average molecular weight is 397 g/mol. The highest BCUT2D eigenvalue weighted by Crippen LogP contribution is 2.48. The number of anilines is 2. The fourth-order valence-electron chi connectivity index (χ4n) is 2.70. The smallest absolute Gasteiger partial charge is 0.325 e. The maximum absolute atomic E-state index is 12.9. The Morgan fingerprint density at radius 2 is 1.70 bits per heavy atom. The van der Waals surface area contributed by atoms with E-state index in [0.29, 0.717) is 18.5 Å². The number of amides is 2. The average Bonchev–Trinajstić information content (AvgIpc) is 3.37. The SMILES string of the molecule is Cc1cccc(NC(=O)C2(C(=O)Nc3cc(C(F)(F)F)ccc3Cl)CC2)c1. The van der Waals surface area contributed by atoms with Crippen LogP contribution in [0.3, 0.4) is 0 Å². The minimum atomic E-state index is -4.57. The molecular weight excluding hydrogens is 381 g/mol. The number of nitrogens with one attached hydrogen (secondary N) is 2. The summed E-state index contributed by atoms with van der Waals surface area (Å²) >= 11 is 5.91. The summed E-state index contributed by atoms with van der Waals surface area (Å²) in [7, 11) is 0. The van der Waals surface area contributed by atoms with Crippen LogP contribution in [0, 0.1) is 12.3 Å². The van der Waals surface area contributed by atoms with E-state index in [4.69, 9.17) is 11.6 Å². The van der Waals surface area contributed by atoms with Crippen LogP contribution in [0.5, 0.6) is 0 Å². The van der Waals surface area contributed by atoms with Crippen molar-refractivity contribution >= 4 is 34.8 Å². The van der Waals surface area contributed by atoms with Crippen LogP contribution in [-0.4, -0.2) is 11.8 Å². The van der Waals surface area contributed by atoms with E-state index in [-0.39, 0.29) is 10.7 Å². The maximum atomic E-state index is 12.9. The van der Waals surface area contributed by atoms with Crippen molar-refractivity contribution in [1.29, 1.82) is 0 Å². The van der Waals surface area contributed by atoms with E-state index in [1.54, 1.807) is 18.2 Å². The van der Waals surface area contributed by atoms with E-state index in [1.165, 1.54) is 0 Å². The number of halogens is 4. The van der Waals surface area contributed by atoms with Gasteiger partial charge in [-0.05, 0) is 55.7 Å². The second kappa shape index (κ2) is 6.88. The Kier molecular flexibility index (Phi) is 4.90. The lowest BCUT2D eigenvalue weighted by Gasteiger charge is -2.17. The largest absolute Gasteiger partial charge is 0.416 e. The van der Waals surface area contributed by atoms with Crippen molar-refractivity contribution in [1.82, 2.24) is 0 Å². The summed E-state index contributed by atoms with van der Waals surface area (Å²) in [6.45, 7) is 1.87. The molecule has 0 aromatic heterocycles. The van der Waals surface area contributed by atoms with E-state index < -0.39 is 29.0 Å². The fraction of sp³-hybridized carbons (Fsp3) is 0.263. The number of hydrogen-bond donors (Lipinski definition) is 2. The molecule has 0 bridgehead atoms. The molecule has 0 unspecified atom stereocenters. The molecule has 0 atom stereocenters. The molecule has 0 radical (unpaired) electrons. The summed E-state index contributed by atoms with van der Waals surface area (Å²) in [5.74, 6) is -1.16. The monoisotopic (exact) mass is 396 g/mol. The van der Waals surface area contributed by atoms with Crippen LogP contribution in [0.2, 0.25) is 5.02 Å². The summed E-state index contributed by atoms with van der Waals surface area (Å²) in [4.78, 5) is 25.2. The minimum Gasteiger partial charge on any atom is -0.325 e. The number of aryl methyl sites for hydroxylation is 1. The van der Waals surface area contributed by atoms with E-state index in [9.17, 15) is 22.8 Å². The standard InChI is InChI=1S/C19H16ClF3N2O2/c1-11-3-2-4-13(9-11)24-16(26)18(7-8-18)17(27)25-15-10-12(19(21,22)23)5-6-14(15)20/h2-6,9-10H,7-8H2,1H3,(H,24,26)(H,25,27). The van der Waals surface area contributed by atoms with Gasteiger partial charge in [0.1, 0.15) is 5.41 Å². The van der Waals surface area contributed by atoms with Gasteiger partial charge in [0.2, 0.25) is 11.8 Å². The van der Waals surface area contributed by atoms with Gasteiger partial charge in [-0.15, -0.1) is 0 Å². The third-order valence-corrected chi connectivity index (χ3v) is 4.77. The van der Waals surface area contributed by atoms with Gasteiger partial charge in [0.05, 0.1) is 16.3 Å². The molecule has 0 aliphatic heterocycles. The van der Waals surface area contributed by atoms with Gasteiger partial charge < -0.3 is 10.6 Å². The van der Waals surface area contributed by atoms with Crippen LogP contribution in [-0.2, 0) is 15.8 Å². The Hall–Kier alpha value is -2.54. The van der Waals surface area contributed by atoms with Crippen LogP contribution in [0.15, 0.2) is 42.5 Å². The summed E-state index contributed by atoms with van der Waals surface area (Å²) in [5, 5.41) is 5.03. The van der Waals surface area contributed by atoms with Crippen LogP contribution in [0.1, 0.15) is 24.0 Å². The Morgan fingerprint density at radius 3 is 2.30 bits per heavy atom. The maximum Gasteiger partial charge on any atom is 0.416 e. The molecule has 1 saturated carbocycles. The summed E-state index contributed by atoms with van der Waals surface area (Å²) < 4.78 is 38.6. The van der Waals surface area contributed by atoms with Crippen LogP contribution >= 0.6 is 11.6 Å². The molecule has 0 heterocycles. The molecule has 2 amide bonds. The lowest BCUT2D eigenvalue weighted by molar-refractivity contribution is -0.137. The van der Waals surface area contributed by atoms with Crippen LogP contribution < -0.4 is 10.6 Å². The minimum absolute atomic E-state index is 0.0359. The molecule has 1 fully saturated rings. The van der Waals surface area contributed by atoms with Gasteiger partial charge in [-0.1, -0.05) is 23.7 Å². The Labute approximate surface area is 158 Å². The second-order valence-electron chi connectivity index (χ2n) is 6.55. The number of rotatable bonds is 4. The molecule has 2 aromatic rings. The third-order valence-electron chi connectivity index (χ3n) is 4.44. The molecule has 2 N–H and O–H groups in total. The molecule has 8 heteroatoms. The molecule has 3 rings (SSSR count). The van der Waals surface area contributed by atoms with E-state index in [0.717, 1.165) is 23.8 Å². The summed E-state index contributed by atoms with van der Waals surface area (Å²) in [6, 6.07) is 9.74. The molecule has 0 saturated heterocycles. The van der Waals surface area contributed by atoms with E-state index in [2.05, 4.69) is 10.6 Å². The van der Waals surface area contributed by atoms with Gasteiger partial charge in [0, 0.05) is 5.69 Å². The first-order valence-corrected chi connectivity index (χ1v) is 8.56. The van der Waals surface area contributed by atoms with Gasteiger partial charge in [0.15, 0.2) is 0 Å². The zero-order valence-electron chi connectivity index (χ0n) is 14.3. The van der Waals surface area contributed by atoms with E-state index >= 15 is 0 Å². The normalized spacial score (nSPS) is 15.1. The molecule has 4 nitrogen and oxygen atoms in total. The Morgan fingerprint density at radius 1 is 1.04 bits per heavy atom. The highest BCUT2D eigenvalue weighted by atomic mass is 35.5. The fourth-order valence-corrected chi connectivity index (χ4v) is 2.86. The Balaban J connectivity index is 1.77. The van der Waals surface area contributed by atoms with Crippen molar-refractivity contribution in [3.63, 3.8) is 0 Å². The van der Waals surface area contributed by atoms with Gasteiger partial charge in [-0.25, -0.2) is 0 Å². The lowest BCUT2D eigenvalue weighted by atomic mass is 10.0. The summed E-state index contributed by atoms with van der Waals surface area (Å²) in [5.41, 5.74) is -0.919. The van der Waals surface area contributed by atoms with Gasteiger partial charge >= 0.3 is 6.18 Å². The molecule has 1 aliphatic rings. The van der Waals surface area contributed by atoms with Crippen molar-refractivity contribution in [3.8, 4) is 0 Å². The van der Waals surface area contributed by atoms with Crippen molar-refractivity contribution in [2.75, 3.05) is 10.6 Å². The molecular formula is C19H16ClF3N2O2. The van der Waals surface area contributed by atoms with Crippen LogP contribution in [0.4, 0.5) is 24.5 Å². The number of alkyl halides is 3. The first kappa shape index (κ1) is 19.2. The molecule has 27 heavy (non-hydrogen) atoms. The van der Waals surface area contributed by atoms with Crippen molar-refractivity contribution in [3.05, 3.63) is 58.6 Å². The van der Waals surface area contributed by atoms with Crippen molar-refractivity contribution in [2.45, 2.75) is 25.9 Å². The molecule has 2 aromatic carbocycles. The molecule has 0 spiro atoms. The van der Waals surface area contributed by atoms with E-state index in [1.807, 2.05) is 13.0 Å². The topological polar surface area (TPSA) is 58.2 Å². The predicted molar refractivity (Wildman–Crippen MR) is 96.6 cm³/mol. The van der Waals surface area contributed by atoms with Gasteiger partial charge in [0.25, 0.3) is 0 Å². The number of benzene rings is 2.